The fourth-order valence-electron chi connectivity index (χ4n) is 2.06. The minimum atomic E-state index is -0.964. The van der Waals surface area contributed by atoms with Crippen LogP contribution in [0.4, 0.5) is 0 Å². The molecule has 20 heavy (non-hydrogen) atoms. The zero-order valence-corrected chi connectivity index (χ0v) is 11.5. The van der Waals surface area contributed by atoms with Crippen molar-refractivity contribution in [1.29, 1.82) is 0 Å². The molecular weight excluding hydrogens is 258 g/mol. The lowest BCUT2D eigenvalue weighted by Crippen LogP contribution is -2.38. The Kier molecular flexibility index (Phi) is 4.61. The lowest BCUT2D eigenvalue weighted by Gasteiger charge is -2.20. The number of carbonyl (C=O) groups is 2. The van der Waals surface area contributed by atoms with Gasteiger partial charge in [-0.1, -0.05) is 12.1 Å². The summed E-state index contributed by atoms with van der Waals surface area (Å²) in [6.45, 7) is 0.340. The first-order valence-corrected chi connectivity index (χ1v) is 6.71. The van der Waals surface area contributed by atoms with Crippen molar-refractivity contribution in [2.45, 2.75) is 19.3 Å². The lowest BCUT2D eigenvalue weighted by molar-refractivity contribution is -0.144. The van der Waals surface area contributed by atoms with Crippen LogP contribution in [0.2, 0.25) is 0 Å². The highest BCUT2D eigenvalue weighted by molar-refractivity contribution is 5.83. The number of hydrogen-bond acceptors (Lipinski definition) is 3. The van der Waals surface area contributed by atoms with Crippen LogP contribution in [0.3, 0.4) is 0 Å². The average molecular weight is 277 g/mol. The van der Waals surface area contributed by atoms with Crippen molar-refractivity contribution in [2.24, 2.45) is 5.92 Å². The van der Waals surface area contributed by atoms with E-state index in [1.165, 1.54) is 4.90 Å². The summed E-state index contributed by atoms with van der Waals surface area (Å²) in [6.07, 6.45) is 2.40. The van der Waals surface area contributed by atoms with E-state index in [0.29, 0.717) is 12.5 Å². The largest absolute Gasteiger partial charge is 0.497 e. The van der Waals surface area contributed by atoms with Gasteiger partial charge in [0.2, 0.25) is 5.91 Å². The summed E-state index contributed by atoms with van der Waals surface area (Å²) in [5.74, 6) is 0.119. The maximum absolute atomic E-state index is 12.2. The fraction of sp³-hybridized carbons (Fsp3) is 0.467. The number of rotatable bonds is 7. The molecule has 1 N–H and O–H groups in total. The molecule has 1 aromatic rings. The molecule has 0 saturated heterocycles. The summed E-state index contributed by atoms with van der Waals surface area (Å²) >= 11 is 0. The number of amides is 1. The molecule has 5 nitrogen and oxygen atoms in total. The summed E-state index contributed by atoms with van der Waals surface area (Å²) in [7, 11) is 1.59. The van der Waals surface area contributed by atoms with Gasteiger partial charge in [-0.25, -0.2) is 0 Å². The van der Waals surface area contributed by atoms with Gasteiger partial charge in [-0.05, 0) is 36.5 Å². The van der Waals surface area contributed by atoms with Gasteiger partial charge < -0.3 is 14.7 Å². The second kappa shape index (κ2) is 6.41. The van der Waals surface area contributed by atoms with Gasteiger partial charge in [0, 0.05) is 6.54 Å². The van der Waals surface area contributed by atoms with E-state index < -0.39 is 5.97 Å². The number of ether oxygens (including phenoxy) is 1. The first-order valence-electron chi connectivity index (χ1n) is 6.71. The standard InChI is InChI=1S/C15H19NO4/c1-20-13-6-4-11(5-7-13)8-14(17)16(10-15(18)19)9-12-2-3-12/h4-7,12H,2-3,8-10H2,1H3,(H,18,19). The molecule has 108 valence electrons. The van der Waals surface area contributed by atoms with E-state index in [0.717, 1.165) is 24.2 Å². The summed E-state index contributed by atoms with van der Waals surface area (Å²) in [5, 5.41) is 8.89. The number of benzene rings is 1. The molecule has 0 heterocycles. The molecule has 0 bridgehead atoms. The zero-order chi connectivity index (χ0) is 14.5. The van der Waals surface area contributed by atoms with Gasteiger partial charge in [-0.3, -0.25) is 9.59 Å². The van der Waals surface area contributed by atoms with Crippen LogP contribution in [0.15, 0.2) is 24.3 Å². The third kappa shape index (κ3) is 4.26. The molecule has 1 aromatic carbocycles. The SMILES string of the molecule is COc1ccc(CC(=O)N(CC(=O)O)CC2CC2)cc1. The minimum absolute atomic E-state index is 0.135. The van der Waals surface area contributed by atoms with Crippen LogP contribution >= 0.6 is 0 Å². The second-order valence-corrected chi connectivity index (χ2v) is 5.14. The molecule has 0 aromatic heterocycles. The molecule has 1 saturated carbocycles. The Hall–Kier alpha value is -2.04. The Balaban J connectivity index is 1.96. The van der Waals surface area contributed by atoms with Crippen molar-refractivity contribution in [3.05, 3.63) is 29.8 Å². The van der Waals surface area contributed by atoms with E-state index >= 15 is 0 Å². The Morgan fingerprint density at radius 2 is 1.95 bits per heavy atom. The molecule has 0 aliphatic heterocycles. The van der Waals surface area contributed by atoms with Crippen molar-refractivity contribution in [3.63, 3.8) is 0 Å². The maximum atomic E-state index is 12.2. The van der Waals surface area contributed by atoms with E-state index in [-0.39, 0.29) is 18.9 Å². The van der Waals surface area contributed by atoms with Gasteiger partial charge >= 0.3 is 5.97 Å². The highest BCUT2D eigenvalue weighted by Crippen LogP contribution is 2.29. The van der Waals surface area contributed by atoms with Crippen LogP contribution in [0.5, 0.6) is 5.75 Å². The van der Waals surface area contributed by atoms with Crippen LogP contribution in [0.25, 0.3) is 0 Å². The highest BCUT2D eigenvalue weighted by atomic mass is 16.5. The smallest absolute Gasteiger partial charge is 0.323 e. The summed E-state index contributed by atoms with van der Waals surface area (Å²) in [5.41, 5.74) is 0.863. The Labute approximate surface area is 118 Å². The molecule has 2 rings (SSSR count). The van der Waals surface area contributed by atoms with Crippen LogP contribution in [-0.4, -0.2) is 42.1 Å². The number of carboxylic acid groups (broad SMARTS) is 1. The molecule has 0 radical (unpaired) electrons. The number of carbonyl (C=O) groups excluding carboxylic acids is 1. The first-order chi connectivity index (χ1) is 9.58. The van der Waals surface area contributed by atoms with Gasteiger partial charge in [0.25, 0.3) is 0 Å². The normalized spacial score (nSPS) is 13.8. The second-order valence-electron chi connectivity index (χ2n) is 5.14. The van der Waals surface area contributed by atoms with E-state index in [9.17, 15) is 9.59 Å². The maximum Gasteiger partial charge on any atom is 0.323 e. The molecule has 5 heteroatoms. The van der Waals surface area contributed by atoms with E-state index in [2.05, 4.69) is 0 Å². The van der Waals surface area contributed by atoms with E-state index in [4.69, 9.17) is 9.84 Å². The van der Waals surface area contributed by atoms with Crippen LogP contribution in [0, 0.1) is 5.92 Å². The fourth-order valence-corrected chi connectivity index (χ4v) is 2.06. The minimum Gasteiger partial charge on any atom is -0.497 e. The number of nitrogens with zero attached hydrogens (tertiary/aromatic N) is 1. The van der Waals surface area contributed by atoms with Gasteiger partial charge in [0.15, 0.2) is 0 Å². The van der Waals surface area contributed by atoms with Crippen molar-refractivity contribution in [2.75, 3.05) is 20.2 Å². The predicted octanol–water partition coefficient (Wildman–Crippen LogP) is 1.56. The number of aliphatic carboxylic acids is 1. The van der Waals surface area contributed by atoms with E-state index in [1.807, 2.05) is 12.1 Å². The Morgan fingerprint density at radius 3 is 2.45 bits per heavy atom. The van der Waals surface area contributed by atoms with E-state index in [1.54, 1.807) is 19.2 Å². The molecule has 0 unspecified atom stereocenters. The van der Waals surface area contributed by atoms with Gasteiger partial charge in [0.1, 0.15) is 12.3 Å². The van der Waals surface area contributed by atoms with Crippen molar-refractivity contribution < 1.29 is 19.4 Å². The van der Waals surface area contributed by atoms with Gasteiger partial charge in [0.05, 0.1) is 13.5 Å². The average Bonchev–Trinajstić information content (AvgIpc) is 3.22. The van der Waals surface area contributed by atoms with Crippen LogP contribution < -0.4 is 4.74 Å². The summed E-state index contributed by atoms with van der Waals surface area (Å²) in [6, 6.07) is 7.25. The molecule has 1 fully saturated rings. The van der Waals surface area contributed by atoms with Gasteiger partial charge in [-0.2, -0.15) is 0 Å². The summed E-state index contributed by atoms with van der Waals surface area (Å²) in [4.78, 5) is 24.5. The van der Waals surface area contributed by atoms with Crippen molar-refractivity contribution in [1.82, 2.24) is 4.90 Å². The van der Waals surface area contributed by atoms with Crippen LogP contribution in [-0.2, 0) is 16.0 Å². The number of carboxylic acids is 1. The van der Waals surface area contributed by atoms with Crippen molar-refractivity contribution >= 4 is 11.9 Å². The molecule has 1 amide bonds. The molecular formula is C15H19NO4. The molecule has 1 aliphatic carbocycles. The predicted molar refractivity (Wildman–Crippen MR) is 73.6 cm³/mol. The third-order valence-electron chi connectivity index (χ3n) is 3.37. The first kappa shape index (κ1) is 14.4. The molecule has 0 atom stereocenters. The van der Waals surface area contributed by atoms with Gasteiger partial charge in [-0.15, -0.1) is 0 Å². The molecule has 1 aliphatic rings. The third-order valence-corrected chi connectivity index (χ3v) is 3.37. The molecule has 0 spiro atoms. The van der Waals surface area contributed by atoms with Crippen molar-refractivity contribution in [3.8, 4) is 5.75 Å². The highest BCUT2D eigenvalue weighted by Gasteiger charge is 2.27. The monoisotopic (exact) mass is 277 g/mol. The Bertz CT molecular complexity index is 479. The zero-order valence-electron chi connectivity index (χ0n) is 11.5. The number of methoxy groups -OCH3 is 1. The lowest BCUT2D eigenvalue weighted by atomic mass is 10.1. The quantitative estimate of drug-likeness (QED) is 0.821. The topological polar surface area (TPSA) is 66.8 Å². The number of hydrogen-bond donors (Lipinski definition) is 1. The summed E-state index contributed by atoms with van der Waals surface area (Å²) < 4.78 is 5.06. The Morgan fingerprint density at radius 1 is 1.30 bits per heavy atom. The van der Waals surface area contributed by atoms with Crippen LogP contribution in [0.1, 0.15) is 18.4 Å².